The molecule has 2 unspecified atom stereocenters. The van der Waals surface area contributed by atoms with Crippen LogP contribution in [0, 0.1) is 0 Å². The fourth-order valence-corrected chi connectivity index (χ4v) is 3.33. The van der Waals surface area contributed by atoms with Gasteiger partial charge in [-0.2, -0.15) is 0 Å². The average molecular weight is 429 g/mol. The largest absolute Gasteiger partial charge is 0.436 e. The van der Waals surface area contributed by atoms with Crippen molar-refractivity contribution in [3.8, 4) is 0 Å². The van der Waals surface area contributed by atoms with Gasteiger partial charge in [-0.25, -0.2) is 9.59 Å². The summed E-state index contributed by atoms with van der Waals surface area (Å²) < 4.78 is 11.3. The van der Waals surface area contributed by atoms with Crippen LogP contribution in [0.25, 0.3) is 0 Å². The average Bonchev–Trinajstić information content (AvgIpc) is 2.67. The van der Waals surface area contributed by atoms with Gasteiger partial charge in [-0.15, -0.1) is 0 Å². The number of hydrogen-bond donors (Lipinski definition) is 0. The van der Waals surface area contributed by atoms with Crippen LogP contribution in [-0.4, -0.2) is 61.4 Å². The van der Waals surface area contributed by atoms with E-state index in [4.69, 9.17) is 9.47 Å². The zero-order valence-electron chi connectivity index (χ0n) is 21.0. The second kappa shape index (κ2) is 14.8. The highest BCUT2D eigenvalue weighted by Gasteiger charge is 2.38. The van der Waals surface area contributed by atoms with Crippen LogP contribution in [0.15, 0.2) is 0 Å². The Morgan fingerprint density at radius 2 is 0.900 bits per heavy atom. The fourth-order valence-electron chi connectivity index (χ4n) is 3.33. The van der Waals surface area contributed by atoms with Crippen molar-refractivity contribution >= 4 is 11.9 Å². The van der Waals surface area contributed by atoms with Crippen LogP contribution in [0.5, 0.6) is 0 Å². The fraction of sp³-hybridized carbons (Fsp3) is 0.917. The zero-order valence-corrected chi connectivity index (χ0v) is 21.0. The molecular weight excluding hydrogens is 380 g/mol. The molecule has 178 valence electrons. The summed E-state index contributed by atoms with van der Waals surface area (Å²) in [5, 5.41) is 0. The molecular formula is C24H48N2O4. The number of carbonyl (C=O) groups is 2. The maximum Gasteiger partial charge on any atom is 0.419 e. The van der Waals surface area contributed by atoms with E-state index in [9.17, 15) is 9.59 Å². The third kappa shape index (κ3) is 10.8. The molecule has 30 heavy (non-hydrogen) atoms. The Morgan fingerprint density at radius 1 is 0.600 bits per heavy atom. The first kappa shape index (κ1) is 28.9. The van der Waals surface area contributed by atoms with E-state index in [1.54, 1.807) is 0 Å². The molecule has 0 saturated carbocycles. The molecule has 0 radical (unpaired) electrons. The SMILES string of the molecule is CCCCCCCC(C)(OC(=O)C(=O)OC(C)(CCCCCCC)N(C)C)N(C)C. The highest BCUT2D eigenvalue weighted by Crippen LogP contribution is 2.25. The van der Waals surface area contributed by atoms with Gasteiger partial charge in [0.2, 0.25) is 0 Å². The van der Waals surface area contributed by atoms with E-state index in [2.05, 4.69) is 13.8 Å². The standard InChI is InChI=1S/C24H48N2O4/c1-9-11-13-15-17-19-23(3,25(5)6)29-21(27)22(28)30-24(4,26(7)8)20-18-16-14-12-10-2/h9-20H2,1-8H3. The number of ether oxygens (including phenoxy) is 2. The van der Waals surface area contributed by atoms with Gasteiger partial charge in [-0.1, -0.05) is 65.2 Å². The lowest BCUT2D eigenvalue weighted by Crippen LogP contribution is -2.50. The number of rotatable bonds is 16. The molecule has 0 aliphatic carbocycles. The maximum atomic E-state index is 12.6. The van der Waals surface area contributed by atoms with Crippen LogP contribution < -0.4 is 0 Å². The van der Waals surface area contributed by atoms with Gasteiger partial charge >= 0.3 is 11.9 Å². The molecule has 0 N–H and O–H groups in total. The van der Waals surface area contributed by atoms with Crippen LogP contribution >= 0.6 is 0 Å². The third-order valence-electron chi connectivity index (χ3n) is 6.17. The Balaban J connectivity index is 4.84. The molecule has 0 aliphatic rings. The van der Waals surface area contributed by atoms with Crippen molar-refractivity contribution in [1.82, 2.24) is 9.80 Å². The summed E-state index contributed by atoms with van der Waals surface area (Å²) in [5.41, 5.74) is -1.64. The highest BCUT2D eigenvalue weighted by molar-refractivity contribution is 6.29. The summed E-state index contributed by atoms with van der Waals surface area (Å²) in [6, 6.07) is 0. The van der Waals surface area contributed by atoms with E-state index in [0.717, 1.165) is 25.7 Å². The van der Waals surface area contributed by atoms with Crippen molar-refractivity contribution < 1.29 is 19.1 Å². The monoisotopic (exact) mass is 428 g/mol. The summed E-state index contributed by atoms with van der Waals surface area (Å²) in [4.78, 5) is 28.9. The molecule has 0 heterocycles. The Hall–Kier alpha value is -1.14. The van der Waals surface area contributed by atoms with Gasteiger partial charge < -0.3 is 9.47 Å². The van der Waals surface area contributed by atoms with E-state index in [1.165, 1.54) is 38.5 Å². The Bertz CT molecular complexity index is 452. The molecule has 0 aromatic rings. The summed E-state index contributed by atoms with van der Waals surface area (Å²) in [5.74, 6) is -1.84. The first-order chi connectivity index (χ1) is 14.0. The molecule has 0 amide bonds. The van der Waals surface area contributed by atoms with Crippen LogP contribution in [0.4, 0.5) is 0 Å². The van der Waals surface area contributed by atoms with Crippen molar-refractivity contribution in [2.45, 2.75) is 116 Å². The molecule has 0 saturated heterocycles. The minimum atomic E-state index is -0.918. The summed E-state index contributed by atoms with van der Waals surface area (Å²) in [6.45, 7) is 8.09. The van der Waals surface area contributed by atoms with Gasteiger partial charge in [0.15, 0.2) is 11.4 Å². The van der Waals surface area contributed by atoms with Crippen molar-refractivity contribution in [3.63, 3.8) is 0 Å². The van der Waals surface area contributed by atoms with E-state index >= 15 is 0 Å². The lowest BCUT2D eigenvalue weighted by Gasteiger charge is -2.37. The lowest BCUT2D eigenvalue weighted by atomic mass is 10.0. The second-order valence-electron chi connectivity index (χ2n) is 9.25. The molecule has 6 nitrogen and oxygen atoms in total. The van der Waals surface area contributed by atoms with Crippen LogP contribution in [-0.2, 0) is 19.1 Å². The maximum absolute atomic E-state index is 12.6. The number of carbonyl (C=O) groups excluding carboxylic acids is 2. The lowest BCUT2D eigenvalue weighted by molar-refractivity contribution is -0.203. The van der Waals surface area contributed by atoms with Crippen molar-refractivity contribution in [2.24, 2.45) is 0 Å². The molecule has 0 spiro atoms. The van der Waals surface area contributed by atoms with Gasteiger partial charge in [-0.3, -0.25) is 9.80 Å². The van der Waals surface area contributed by atoms with Crippen LogP contribution in [0.1, 0.15) is 105 Å². The van der Waals surface area contributed by atoms with E-state index in [-0.39, 0.29) is 0 Å². The zero-order chi connectivity index (χ0) is 23.2. The van der Waals surface area contributed by atoms with E-state index in [0.29, 0.717) is 12.8 Å². The Morgan fingerprint density at radius 3 is 1.17 bits per heavy atom. The minimum Gasteiger partial charge on any atom is -0.436 e. The first-order valence-electron chi connectivity index (χ1n) is 11.8. The first-order valence-corrected chi connectivity index (χ1v) is 11.8. The minimum absolute atomic E-state index is 0.686. The smallest absolute Gasteiger partial charge is 0.419 e. The Labute approximate surface area is 185 Å². The highest BCUT2D eigenvalue weighted by atomic mass is 16.6. The molecule has 0 aliphatic heterocycles. The molecule has 6 heteroatoms. The predicted molar refractivity (Wildman–Crippen MR) is 123 cm³/mol. The summed E-state index contributed by atoms with van der Waals surface area (Å²) in [7, 11) is 7.46. The number of unbranched alkanes of at least 4 members (excludes halogenated alkanes) is 8. The van der Waals surface area contributed by atoms with Crippen LogP contribution in [0.2, 0.25) is 0 Å². The van der Waals surface area contributed by atoms with Crippen molar-refractivity contribution in [3.05, 3.63) is 0 Å². The van der Waals surface area contributed by atoms with Crippen LogP contribution in [0.3, 0.4) is 0 Å². The number of esters is 2. The van der Waals surface area contributed by atoms with Gasteiger partial charge in [0, 0.05) is 12.8 Å². The number of hydrogen-bond acceptors (Lipinski definition) is 6. The van der Waals surface area contributed by atoms with Gasteiger partial charge in [0.05, 0.1) is 0 Å². The molecule has 2 atom stereocenters. The van der Waals surface area contributed by atoms with Gasteiger partial charge in [0.25, 0.3) is 0 Å². The van der Waals surface area contributed by atoms with E-state index in [1.807, 2.05) is 51.8 Å². The molecule has 0 fully saturated rings. The number of nitrogens with zero attached hydrogens (tertiary/aromatic N) is 2. The molecule has 0 rings (SSSR count). The topological polar surface area (TPSA) is 59.1 Å². The van der Waals surface area contributed by atoms with Gasteiger partial charge in [0.1, 0.15) is 0 Å². The molecule has 0 bridgehead atoms. The predicted octanol–water partition coefficient (Wildman–Crippen LogP) is 5.35. The summed E-state index contributed by atoms with van der Waals surface area (Å²) in [6.07, 6.45) is 12.6. The quantitative estimate of drug-likeness (QED) is 0.143. The molecule has 0 aromatic carbocycles. The molecule has 0 aromatic heterocycles. The normalized spacial score (nSPS) is 15.7. The second-order valence-corrected chi connectivity index (χ2v) is 9.25. The summed E-state index contributed by atoms with van der Waals surface area (Å²) >= 11 is 0. The van der Waals surface area contributed by atoms with Gasteiger partial charge in [-0.05, 0) is 54.9 Å². The van der Waals surface area contributed by atoms with Crippen molar-refractivity contribution in [1.29, 1.82) is 0 Å². The van der Waals surface area contributed by atoms with E-state index < -0.39 is 23.4 Å². The Kier molecular flexibility index (Phi) is 14.2. The third-order valence-corrected chi connectivity index (χ3v) is 6.17. The van der Waals surface area contributed by atoms with Crippen molar-refractivity contribution in [2.75, 3.05) is 28.2 Å².